The summed E-state index contributed by atoms with van der Waals surface area (Å²) in [4.78, 5) is 11.3. The van der Waals surface area contributed by atoms with Crippen molar-refractivity contribution in [1.82, 2.24) is 4.57 Å². The van der Waals surface area contributed by atoms with E-state index in [0.717, 1.165) is 33.2 Å². The third-order valence-electron chi connectivity index (χ3n) is 5.34. The quantitative estimate of drug-likeness (QED) is 0.416. The monoisotopic (exact) mass is 415 g/mol. The number of fused-ring (bicyclic) bond motifs is 1. The van der Waals surface area contributed by atoms with E-state index in [9.17, 15) is 19.4 Å². The van der Waals surface area contributed by atoms with Gasteiger partial charge in [0.25, 0.3) is 0 Å². The molecule has 1 heterocycles. The van der Waals surface area contributed by atoms with Crippen LogP contribution in [0.1, 0.15) is 40.9 Å². The first-order valence-electron chi connectivity index (χ1n) is 9.93. The zero-order chi connectivity index (χ0) is 22.1. The van der Waals surface area contributed by atoms with Gasteiger partial charge in [0.05, 0.1) is 23.2 Å². The van der Waals surface area contributed by atoms with Gasteiger partial charge in [-0.05, 0) is 60.9 Å². The van der Waals surface area contributed by atoms with E-state index in [2.05, 4.69) is 0 Å². The predicted molar refractivity (Wildman–Crippen MR) is 120 cm³/mol. The van der Waals surface area contributed by atoms with Gasteiger partial charge in [-0.2, -0.15) is 0 Å². The van der Waals surface area contributed by atoms with Crippen LogP contribution in [0.3, 0.4) is 0 Å². The number of hydrogen-bond acceptors (Lipinski definition) is 2. The lowest BCUT2D eigenvalue weighted by atomic mass is 9.93. The number of benzene rings is 3. The van der Waals surface area contributed by atoms with Crippen molar-refractivity contribution < 1.29 is 19.4 Å². The maximum atomic E-state index is 13.5. The minimum absolute atomic E-state index is 0.0856. The number of aromatic nitrogens is 1. The van der Waals surface area contributed by atoms with Crippen molar-refractivity contribution in [3.63, 3.8) is 0 Å². The number of para-hydroxylation sites is 1. The van der Waals surface area contributed by atoms with E-state index in [-0.39, 0.29) is 17.3 Å². The van der Waals surface area contributed by atoms with E-state index in [4.69, 9.17) is 0 Å². The van der Waals surface area contributed by atoms with Crippen molar-refractivity contribution >= 4 is 22.4 Å². The van der Waals surface area contributed by atoms with Crippen LogP contribution < -0.4 is 0 Å². The molecule has 0 aliphatic rings. The molecular formula is C26H22FNO3. The minimum Gasteiger partial charge on any atom is -0.494 e. The number of nitrogens with zero attached hydrogens (tertiary/aromatic N) is 1. The Labute approximate surface area is 179 Å². The normalized spacial score (nSPS) is 10.9. The molecule has 0 unspecified atom stereocenters. The molecule has 4 rings (SSSR count). The Balaban J connectivity index is 1.91. The fourth-order valence-corrected chi connectivity index (χ4v) is 3.98. The van der Waals surface area contributed by atoms with Crippen LogP contribution in [0.15, 0.2) is 78.4 Å². The van der Waals surface area contributed by atoms with Gasteiger partial charge < -0.3 is 14.8 Å². The summed E-state index contributed by atoms with van der Waals surface area (Å²) in [6, 6.07) is 20.6. The second-order valence-electron chi connectivity index (χ2n) is 7.69. The molecule has 4 aromatic rings. The third kappa shape index (κ3) is 3.82. The molecule has 0 aliphatic carbocycles. The number of aromatic carboxylic acids is 1. The Morgan fingerprint density at radius 3 is 2.32 bits per heavy atom. The van der Waals surface area contributed by atoms with Crippen LogP contribution >= 0.6 is 0 Å². The number of carboxylic acid groups (broad SMARTS) is 1. The highest BCUT2D eigenvalue weighted by molar-refractivity contribution is 6.01. The number of aromatic hydroxyl groups is 1. The average molecular weight is 415 g/mol. The summed E-state index contributed by atoms with van der Waals surface area (Å²) in [6.07, 6.45) is 0. The Bertz CT molecular complexity index is 1310. The zero-order valence-corrected chi connectivity index (χ0v) is 17.3. The molecule has 2 N–H and O–H groups in total. The van der Waals surface area contributed by atoms with E-state index < -0.39 is 5.97 Å². The van der Waals surface area contributed by atoms with E-state index in [1.807, 2.05) is 44.2 Å². The van der Waals surface area contributed by atoms with Gasteiger partial charge in [0.2, 0.25) is 5.88 Å². The SMILES string of the molecule is CC(C)=C(c1ccc(F)cc1)c1c(O)n(Cc2cccc(C(=O)O)c2)c2ccccc12. The largest absolute Gasteiger partial charge is 0.494 e. The van der Waals surface area contributed by atoms with Crippen LogP contribution in [0.4, 0.5) is 4.39 Å². The lowest BCUT2D eigenvalue weighted by Crippen LogP contribution is -2.02. The molecule has 0 aliphatic heterocycles. The maximum absolute atomic E-state index is 13.5. The van der Waals surface area contributed by atoms with Crippen molar-refractivity contribution in [2.75, 3.05) is 0 Å². The smallest absolute Gasteiger partial charge is 0.335 e. The first kappa shape index (κ1) is 20.4. The number of allylic oxidation sites excluding steroid dienone is 1. The van der Waals surface area contributed by atoms with Crippen LogP contribution in [0, 0.1) is 5.82 Å². The lowest BCUT2D eigenvalue weighted by Gasteiger charge is -2.12. The second kappa shape index (κ2) is 8.11. The van der Waals surface area contributed by atoms with Crippen LogP contribution in [0.25, 0.3) is 16.5 Å². The molecule has 0 fully saturated rings. The van der Waals surface area contributed by atoms with Gasteiger partial charge in [0.15, 0.2) is 0 Å². The summed E-state index contributed by atoms with van der Waals surface area (Å²) in [5.41, 5.74) is 5.11. The van der Waals surface area contributed by atoms with Gasteiger partial charge in [-0.1, -0.05) is 48.0 Å². The topological polar surface area (TPSA) is 62.5 Å². The first-order valence-corrected chi connectivity index (χ1v) is 9.93. The number of carboxylic acids is 1. The van der Waals surface area contributed by atoms with E-state index in [1.165, 1.54) is 12.1 Å². The highest BCUT2D eigenvalue weighted by atomic mass is 19.1. The first-order chi connectivity index (χ1) is 14.9. The van der Waals surface area contributed by atoms with Crippen molar-refractivity contribution in [2.24, 2.45) is 0 Å². The van der Waals surface area contributed by atoms with Crippen molar-refractivity contribution in [3.8, 4) is 5.88 Å². The van der Waals surface area contributed by atoms with Gasteiger partial charge >= 0.3 is 5.97 Å². The molecule has 31 heavy (non-hydrogen) atoms. The van der Waals surface area contributed by atoms with E-state index in [1.54, 1.807) is 34.9 Å². The Hall–Kier alpha value is -3.86. The van der Waals surface area contributed by atoms with Crippen molar-refractivity contribution in [3.05, 3.63) is 106 Å². The van der Waals surface area contributed by atoms with Gasteiger partial charge in [-0.15, -0.1) is 0 Å². The molecule has 0 amide bonds. The Morgan fingerprint density at radius 1 is 0.935 bits per heavy atom. The molecule has 1 aromatic heterocycles. The molecule has 156 valence electrons. The molecule has 5 heteroatoms. The van der Waals surface area contributed by atoms with Crippen LogP contribution in [-0.2, 0) is 6.54 Å². The average Bonchev–Trinajstić information content (AvgIpc) is 3.02. The predicted octanol–water partition coefficient (Wildman–Crippen LogP) is 6.07. The van der Waals surface area contributed by atoms with Gasteiger partial charge in [0.1, 0.15) is 5.82 Å². The standard InChI is InChI=1S/C26H22FNO3/c1-16(2)23(18-10-12-20(27)13-11-18)24-21-8-3-4-9-22(21)28(25(24)29)15-17-6-5-7-19(14-17)26(30)31/h3-14,29H,15H2,1-2H3,(H,30,31). The number of hydrogen-bond donors (Lipinski definition) is 2. The number of halogens is 1. The molecule has 3 aromatic carbocycles. The molecule has 0 saturated heterocycles. The van der Waals surface area contributed by atoms with Crippen LogP contribution in [0.2, 0.25) is 0 Å². The lowest BCUT2D eigenvalue weighted by molar-refractivity contribution is 0.0696. The third-order valence-corrected chi connectivity index (χ3v) is 5.34. The van der Waals surface area contributed by atoms with E-state index in [0.29, 0.717) is 12.1 Å². The fourth-order valence-electron chi connectivity index (χ4n) is 3.98. The Morgan fingerprint density at radius 2 is 1.65 bits per heavy atom. The van der Waals surface area contributed by atoms with E-state index >= 15 is 0 Å². The van der Waals surface area contributed by atoms with Crippen LogP contribution in [0.5, 0.6) is 5.88 Å². The summed E-state index contributed by atoms with van der Waals surface area (Å²) in [6.45, 7) is 4.23. The molecule has 0 spiro atoms. The molecule has 4 nitrogen and oxygen atoms in total. The van der Waals surface area contributed by atoms with Crippen LogP contribution in [-0.4, -0.2) is 20.7 Å². The highest BCUT2D eigenvalue weighted by Crippen LogP contribution is 2.41. The number of rotatable bonds is 5. The second-order valence-corrected chi connectivity index (χ2v) is 7.69. The zero-order valence-electron chi connectivity index (χ0n) is 17.3. The van der Waals surface area contributed by atoms with Gasteiger partial charge in [-0.25, -0.2) is 9.18 Å². The minimum atomic E-state index is -0.993. The highest BCUT2D eigenvalue weighted by Gasteiger charge is 2.22. The summed E-state index contributed by atoms with van der Waals surface area (Å²) < 4.78 is 15.3. The number of carbonyl (C=O) groups is 1. The summed E-state index contributed by atoms with van der Waals surface area (Å²) in [5.74, 6) is -1.23. The summed E-state index contributed by atoms with van der Waals surface area (Å²) in [7, 11) is 0. The van der Waals surface area contributed by atoms with Gasteiger partial charge in [0, 0.05) is 5.39 Å². The van der Waals surface area contributed by atoms with Crippen molar-refractivity contribution in [2.45, 2.75) is 20.4 Å². The molecule has 0 atom stereocenters. The molecule has 0 saturated carbocycles. The molecule has 0 radical (unpaired) electrons. The molecule has 0 bridgehead atoms. The Kier molecular flexibility index (Phi) is 5.34. The van der Waals surface area contributed by atoms with Gasteiger partial charge in [-0.3, -0.25) is 0 Å². The molecular weight excluding hydrogens is 393 g/mol. The summed E-state index contributed by atoms with van der Waals surface area (Å²) >= 11 is 0. The fraction of sp³-hybridized carbons (Fsp3) is 0.115. The van der Waals surface area contributed by atoms with Crippen molar-refractivity contribution in [1.29, 1.82) is 0 Å². The summed E-state index contributed by atoms with van der Waals surface area (Å²) in [5, 5.41) is 21.5. The maximum Gasteiger partial charge on any atom is 0.335 e.